The minimum absolute atomic E-state index is 0.117. The summed E-state index contributed by atoms with van der Waals surface area (Å²) in [6.07, 6.45) is 2.07. The predicted molar refractivity (Wildman–Crippen MR) is 130 cm³/mol. The van der Waals surface area contributed by atoms with Crippen LogP contribution in [0, 0.1) is 22.7 Å². The van der Waals surface area contributed by atoms with Gasteiger partial charge in [-0.15, -0.1) is 0 Å². The number of allylic oxidation sites excluding steroid dienone is 4. The highest BCUT2D eigenvalue weighted by molar-refractivity contribution is 6.01. The number of hydrogen-bond acceptors (Lipinski definition) is 6. The van der Waals surface area contributed by atoms with Gasteiger partial charge in [-0.25, -0.2) is 8.78 Å². The van der Waals surface area contributed by atoms with E-state index in [-0.39, 0.29) is 24.2 Å². The Morgan fingerprint density at radius 2 is 1.94 bits per heavy atom. The van der Waals surface area contributed by atoms with Crippen LogP contribution in [0.5, 0.6) is 0 Å². The first kappa shape index (κ1) is 27.6. The monoisotopic (exact) mass is 510 g/mol. The second kappa shape index (κ2) is 9.37. The van der Waals surface area contributed by atoms with Crippen molar-refractivity contribution in [3.63, 3.8) is 0 Å². The van der Waals surface area contributed by atoms with E-state index in [2.05, 4.69) is 0 Å². The lowest BCUT2D eigenvalue weighted by Crippen LogP contribution is -2.71. The Labute approximate surface area is 212 Å². The Hall–Kier alpha value is -1.48. The van der Waals surface area contributed by atoms with Gasteiger partial charge < -0.3 is 19.3 Å². The molecule has 1 heterocycles. The quantitative estimate of drug-likeness (QED) is 0.589. The fourth-order valence-electron chi connectivity index (χ4n) is 8.22. The van der Waals surface area contributed by atoms with Crippen LogP contribution in [0.2, 0.25) is 0 Å². The Bertz CT molecular complexity index is 966. The first-order valence-electron chi connectivity index (χ1n) is 13.3. The first-order chi connectivity index (χ1) is 17.0. The summed E-state index contributed by atoms with van der Waals surface area (Å²) in [5.41, 5.74) is -5.57. The second-order valence-electron chi connectivity index (χ2n) is 11.1. The van der Waals surface area contributed by atoms with Gasteiger partial charge in [-0.3, -0.25) is 9.59 Å². The molecule has 0 radical (unpaired) electrons. The van der Waals surface area contributed by atoms with Crippen LogP contribution in [0.15, 0.2) is 23.8 Å². The molecule has 202 valence electrons. The van der Waals surface area contributed by atoms with E-state index in [0.29, 0.717) is 12.8 Å². The molecule has 10 atom stereocenters. The predicted octanol–water partition coefficient (Wildman–Crippen LogP) is 4.44. The summed E-state index contributed by atoms with van der Waals surface area (Å²) in [5, 5.41) is 9.93. The van der Waals surface area contributed by atoms with E-state index in [4.69, 9.17) is 14.2 Å². The van der Waals surface area contributed by atoms with Crippen LogP contribution in [0.3, 0.4) is 0 Å². The van der Waals surface area contributed by atoms with Crippen molar-refractivity contribution in [1.82, 2.24) is 0 Å². The van der Waals surface area contributed by atoms with Gasteiger partial charge in [0.2, 0.25) is 0 Å². The summed E-state index contributed by atoms with van der Waals surface area (Å²) in [6.45, 7) is 8.80. The molecule has 8 unspecified atom stereocenters. The van der Waals surface area contributed by atoms with Gasteiger partial charge in [0, 0.05) is 23.9 Å². The van der Waals surface area contributed by atoms with Crippen molar-refractivity contribution in [2.45, 2.75) is 103 Å². The third-order valence-corrected chi connectivity index (χ3v) is 9.76. The van der Waals surface area contributed by atoms with E-state index in [1.807, 2.05) is 27.7 Å². The zero-order valence-electron chi connectivity index (χ0n) is 22.2. The van der Waals surface area contributed by atoms with Gasteiger partial charge in [0.1, 0.15) is 12.8 Å². The number of halogens is 2. The van der Waals surface area contributed by atoms with Gasteiger partial charge in [-0.05, 0) is 56.3 Å². The molecule has 4 fully saturated rings. The number of ether oxygens (including phenoxy) is 3. The minimum atomic E-state index is -2.00. The molecular weight excluding hydrogens is 470 g/mol. The van der Waals surface area contributed by atoms with Crippen LogP contribution in [-0.2, 0) is 23.8 Å². The number of Topliss-reactive ketones (excluding diaryl/α,β-unsaturated/α-hetero) is 1. The Morgan fingerprint density at radius 1 is 1.25 bits per heavy atom. The molecular formula is C28H40F2O6. The number of aliphatic hydroxyl groups excluding tert-OH is 1. The standard InChI is InChI=1S/C26H34F2O6.C2H6/c1-5-6-22-33-20-11-15-16-10-18(27)17-9-14(30)7-8-23(17,2)25(16,28)21(32-4)12-24(15,3)26(20,34-22)19(31)13-29;1-2/h7-9,15-16,18,20-22,29H,5-6,10-13H2,1-4H3;1-2H3/t15?,16?,18-,20?,21?,22?,23?,24?,25-,26?;/m0./s1. The molecule has 8 heteroatoms. The largest absolute Gasteiger partial charge is 0.388 e. The van der Waals surface area contributed by atoms with Gasteiger partial charge in [0.05, 0.1) is 12.2 Å². The lowest BCUT2D eigenvalue weighted by molar-refractivity contribution is -0.240. The van der Waals surface area contributed by atoms with Crippen molar-refractivity contribution in [3.05, 3.63) is 23.8 Å². The number of ketones is 2. The lowest BCUT2D eigenvalue weighted by Gasteiger charge is -2.63. The molecule has 6 nitrogen and oxygen atoms in total. The first-order valence-corrected chi connectivity index (χ1v) is 13.3. The Kier molecular flexibility index (Phi) is 7.17. The van der Waals surface area contributed by atoms with Crippen LogP contribution < -0.4 is 0 Å². The summed E-state index contributed by atoms with van der Waals surface area (Å²) < 4.78 is 51.5. The molecule has 0 bridgehead atoms. The van der Waals surface area contributed by atoms with Crippen molar-refractivity contribution in [2.75, 3.05) is 13.7 Å². The van der Waals surface area contributed by atoms with E-state index in [1.54, 1.807) is 6.92 Å². The number of hydrogen-bond donors (Lipinski definition) is 1. The minimum Gasteiger partial charge on any atom is -0.388 e. The molecule has 0 aromatic rings. The highest BCUT2D eigenvalue weighted by Gasteiger charge is 2.80. The van der Waals surface area contributed by atoms with Crippen LogP contribution in [-0.4, -0.2) is 66.3 Å². The zero-order chi connectivity index (χ0) is 26.7. The molecule has 1 saturated heterocycles. The molecule has 4 aliphatic carbocycles. The number of aliphatic hydroxyl groups is 1. The van der Waals surface area contributed by atoms with Crippen molar-refractivity contribution >= 4 is 11.6 Å². The van der Waals surface area contributed by atoms with Gasteiger partial charge in [0.15, 0.2) is 29.1 Å². The molecule has 1 N–H and O–H groups in total. The molecule has 3 saturated carbocycles. The summed E-state index contributed by atoms with van der Waals surface area (Å²) in [4.78, 5) is 25.4. The van der Waals surface area contributed by atoms with E-state index in [0.717, 1.165) is 6.42 Å². The molecule has 0 amide bonds. The van der Waals surface area contributed by atoms with E-state index < -0.39 is 71.0 Å². The number of methoxy groups -OCH3 is 1. The van der Waals surface area contributed by atoms with Gasteiger partial charge in [-0.2, -0.15) is 0 Å². The number of alkyl halides is 2. The average Bonchev–Trinajstić information content (AvgIpc) is 3.34. The van der Waals surface area contributed by atoms with Gasteiger partial charge in [-0.1, -0.05) is 40.2 Å². The third-order valence-electron chi connectivity index (χ3n) is 9.76. The zero-order valence-corrected chi connectivity index (χ0v) is 22.2. The summed E-state index contributed by atoms with van der Waals surface area (Å²) >= 11 is 0. The van der Waals surface area contributed by atoms with Crippen LogP contribution in [0.4, 0.5) is 8.78 Å². The SMILES string of the molecule is CC.CCCC1OC2CC3C4C[C@H](F)C5=CC(=O)C=CC5(C)[C@@]4(F)C(OC)CC3(C)C2(C(=O)CO)O1. The summed E-state index contributed by atoms with van der Waals surface area (Å²) in [7, 11) is 1.43. The van der Waals surface area contributed by atoms with E-state index in [1.165, 1.54) is 25.3 Å². The topological polar surface area (TPSA) is 82.1 Å². The Balaban J connectivity index is 0.00000148. The molecule has 0 spiro atoms. The fraction of sp³-hybridized carbons (Fsp3) is 0.786. The van der Waals surface area contributed by atoms with Gasteiger partial charge >= 0.3 is 0 Å². The smallest absolute Gasteiger partial charge is 0.193 e. The van der Waals surface area contributed by atoms with Crippen LogP contribution >= 0.6 is 0 Å². The number of rotatable bonds is 5. The maximum absolute atomic E-state index is 17.6. The summed E-state index contributed by atoms with van der Waals surface area (Å²) in [6, 6.07) is 0. The highest BCUT2D eigenvalue weighted by atomic mass is 19.1. The number of carbonyl (C=O) groups is 2. The average molecular weight is 511 g/mol. The maximum Gasteiger partial charge on any atom is 0.193 e. The Morgan fingerprint density at radius 3 is 2.56 bits per heavy atom. The summed E-state index contributed by atoms with van der Waals surface area (Å²) in [5.74, 6) is -2.06. The maximum atomic E-state index is 17.6. The molecule has 5 aliphatic rings. The molecule has 36 heavy (non-hydrogen) atoms. The second-order valence-corrected chi connectivity index (χ2v) is 11.1. The van der Waals surface area contributed by atoms with Crippen LogP contribution in [0.1, 0.15) is 66.7 Å². The van der Waals surface area contributed by atoms with Crippen molar-refractivity contribution < 1.29 is 37.7 Å². The molecule has 0 aromatic carbocycles. The van der Waals surface area contributed by atoms with Crippen LogP contribution in [0.25, 0.3) is 0 Å². The lowest BCUT2D eigenvalue weighted by atomic mass is 9.44. The third kappa shape index (κ3) is 3.26. The normalized spacial score (nSPS) is 48.7. The molecule has 0 aromatic heterocycles. The van der Waals surface area contributed by atoms with E-state index >= 15 is 8.78 Å². The molecule has 5 rings (SSSR count). The van der Waals surface area contributed by atoms with Crippen molar-refractivity contribution in [1.29, 1.82) is 0 Å². The van der Waals surface area contributed by atoms with Gasteiger partial charge in [0.25, 0.3) is 0 Å². The highest BCUT2D eigenvalue weighted by Crippen LogP contribution is 2.72. The van der Waals surface area contributed by atoms with E-state index in [9.17, 15) is 14.7 Å². The van der Waals surface area contributed by atoms with Crippen molar-refractivity contribution in [2.24, 2.45) is 22.7 Å². The number of fused-ring (bicyclic) bond motifs is 7. The molecule has 1 aliphatic heterocycles. The van der Waals surface area contributed by atoms with Crippen molar-refractivity contribution in [3.8, 4) is 0 Å². The number of carbonyl (C=O) groups excluding carboxylic acids is 2. The fourth-order valence-corrected chi connectivity index (χ4v) is 8.22.